The third-order valence-electron chi connectivity index (χ3n) is 2.41. The number of anilines is 1. The van der Waals surface area contributed by atoms with Crippen LogP contribution in [0.4, 0.5) is 10.1 Å². The molecule has 0 saturated carbocycles. The van der Waals surface area contributed by atoms with E-state index < -0.39 is 11.9 Å². The molecule has 4 nitrogen and oxygen atoms in total. The molecule has 0 bridgehead atoms. The van der Waals surface area contributed by atoms with Gasteiger partial charge in [0.05, 0.1) is 0 Å². The summed E-state index contributed by atoms with van der Waals surface area (Å²) in [5.74, 6) is -0.746. The van der Waals surface area contributed by atoms with Crippen LogP contribution in [0.2, 0.25) is 0 Å². The Hall–Kier alpha value is -1.78. The Kier molecular flexibility index (Phi) is 3.93. The molecule has 0 saturated heterocycles. The van der Waals surface area contributed by atoms with Crippen LogP contribution < -0.4 is 10.5 Å². The second-order valence-electron chi connectivity index (χ2n) is 4.13. The number of amides is 1. The molecule has 1 aromatic rings. The topological polar surface area (TPSA) is 55.6 Å². The van der Waals surface area contributed by atoms with Crippen LogP contribution in [0.25, 0.3) is 0 Å². The molecule has 17 heavy (non-hydrogen) atoms. The van der Waals surface area contributed by atoms with Crippen LogP contribution in [-0.2, 0) is 4.79 Å². The highest BCUT2D eigenvalue weighted by Crippen LogP contribution is 2.24. The van der Waals surface area contributed by atoms with Gasteiger partial charge in [0.2, 0.25) is 0 Å². The lowest BCUT2D eigenvalue weighted by Crippen LogP contribution is -2.35. The van der Waals surface area contributed by atoms with Gasteiger partial charge in [-0.3, -0.25) is 4.79 Å². The summed E-state index contributed by atoms with van der Waals surface area (Å²) in [6.07, 6.45) is -0.734. The van der Waals surface area contributed by atoms with E-state index in [-0.39, 0.29) is 11.7 Å². The molecule has 5 heteroatoms. The van der Waals surface area contributed by atoms with Gasteiger partial charge < -0.3 is 15.4 Å². The van der Waals surface area contributed by atoms with Gasteiger partial charge in [-0.25, -0.2) is 4.39 Å². The number of likely N-dealkylation sites (N-methyl/N-ethyl adjacent to an activating group) is 1. The van der Waals surface area contributed by atoms with Crippen molar-refractivity contribution in [1.82, 2.24) is 4.90 Å². The Morgan fingerprint density at radius 1 is 1.47 bits per heavy atom. The molecule has 1 unspecified atom stereocenters. The molecular weight excluding hydrogens is 223 g/mol. The molecule has 0 aromatic heterocycles. The van der Waals surface area contributed by atoms with Crippen LogP contribution in [0.1, 0.15) is 12.5 Å². The molecule has 1 rings (SSSR count). The third kappa shape index (κ3) is 3.09. The first-order chi connectivity index (χ1) is 7.82. The van der Waals surface area contributed by atoms with Crippen molar-refractivity contribution in [3.8, 4) is 5.75 Å². The summed E-state index contributed by atoms with van der Waals surface area (Å²) in [6, 6.07) is 2.68. The minimum absolute atomic E-state index is 0.0411. The number of halogens is 1. The van der Waals surface area contributed by atoms with Gasteiger partial charge in [0.15, 0.2) is 17.7 Å². The number of hydrogen-bond donors (Lipinski definition) is 1. The van der Waals surface area contributed by atoms with Gasteiger partial charge in [-0.05, 0) is 25.5 Å². The first-order valence-corrected chi connectivity index (χ1v) is 5.26. The van der Waals surface area contributed by atoms with Crippen molar-refractivity contribution in [2.75, 3.05) is 19.8 Å². The van der Waals surface area contributed by atoms with E-state index in [2.05, 4.69) is 0 Å². The molecule has 0 spiro atoms. The minimum Gasteiger partial charge on any atom is -0.478 e. The predicted octanol–water partition coefficient (Wildman–Crippen LogP) is 1.57. The number of nitrogens with zero attached hydrogens (tertiary/aromatic N) is 1. The molecule has 0 heterocycles. The van der Waals surface area contributed by atoms with Crippen molar-refractivity contribution < 1.29 is 13.9 Å². The number of nitrogens with two attached hydrogens (primary N) is 1. The Morgan fingerprint density at radius 3 is 2.59 bits per heavy atom. The van der Waals surface area contributed by atoms with E-state index in [0.29, 0.717) is 11.3 Å². The maximum absolute atomic E-state index is 13.5. The summed E-state index contributed by atoms with van der Waals surface area (Å²) >= 11 is 0. The molecule has 0 radical (unpaired) electrons. The van der Waals surface area contributed by atoms with Gasteiger partial charge in [-0.2, -0.15) is 0 Å². The molecule has 1 aromatic carbocycles. The highest BCUT2D eigenvalue weighted by Gasteiger charge is 2.18. The standard InChI is InChI=1S/C12H17FN2O2/c1-7-5-11(9(13)6-10(7)14)17-8(2)12(16)15(3)4/h5-6,8H,14H2,1-4H3. The summed E-state index contributed by atoms with van der Waals surface area (Å²) in [6.45, 7) is 3.33. The van der Waals surface area contributed by atoms with Crippen molar-refractivity contribution in [1.29, 1.82) is 0 Å². The molecule has 2 N–H and O–H groups in total. The largest absolute Gasteiger partial charge is 0.478 e. The fourth-order valence-electron chi connectivity index (χ4n) is 1.37. The van der Waals surface area contributed by atoms with E-state index in [1.54, 1.807) is 27.9 Å². The molecule has 1 amide bonds. The van der Waals surface area contributed by atoms with E-state index in [1.807, 2.05) is 0 Å². The fourth-order valence-corrected chi connectivity index (χ4v) is 1.37. The molecule has 0 aliphatic heterocycles. The van der Waals surface area contributed by atoms with Gasteiger partial charge in [-0.15, -0.1) is 0 Å². The number of ether oxygens (including phenoxy) is 1. The molecule has 1 atom stereocenters. The Morgan fingerprint density at radius 2 is 2.06 bits per heavy atom. The molecular formula is C12H17FN2O2. The predicted molar refractivity (Wildman–Crippen MR) is 64.3 cm³/mol. The van der Waals surface area contributed by atoms with Crippen molar-refractivity contribution >= 4 is 11.6 Å². The lowest BCUT2D eigenvalue weighted by molar-refractivity contribution is -0.135. The first kappa shape index (κ1) is 13.3. The van der Waals surface area contributed by atoms with Gasteiger partial charge in [0.25, 0.3) is 5.91 Å². The van der Waals surface area contributed by atoms with Crippen LogP contribution in [-0.4, -0.2) is 31.0 Å². The molecule has 0 aliphatic carbocycles. The maximum Gasteiger partial charge on any atom is 0.262 e. The second-order valence-corrected chi connectivity index (χ2v) is 4.13. The molecule has 0 aliphatic rings. The van der Waals surface area contributed by atoms with Crippen molar-refractivity contribution in [3.05, 3.63) is 23.5 Å². The van der Waals surface area contributed by atoms with E-state index >= 15 is 0 Å². The number of aryl methyl sites for hydroxylation is 1. The number of benzene rings is 1. The van der Waals surface area contributed by atoms with E-state index in [9.17, 15) is 9.18 Å². The smallest absolute Gasteiger partial charge is 0.262 e. The summed E-state index contributed by atoms with van der Waals surface area (Å²) in [5.41, 5.74) is 6.63. The van der Waals surface area contributed by atoms with Crippen LogP contribution in [0.15, 0.2) is 12.1 Å². The number of rotatable bonds is 3. The number of hydrogen-bond acceptors (Lipinski definition) is 3. The molecule has 94 valence electrons. The average Bonchev–Trinajstić information content (AvgIpc) is 2.24. The average molecular weight is 240 g/mol. The summed E-state index contributed by atoms with van der Waals surface area (Å²) in [7, 11) is 3.24. The summed E-state index contributed by atoms with van der Waals surface area (Å²) < 4.78 is 18.8. The van der Waals surface area contributed by atoms with Crippen LogP contribution >= 0.6 is 0 Å². The van der Waals surface area contributed by atoms with E-state index in [4.69, 9.17) is 10.5 Å². The Bertz CT molecular complexity index is 433. The highest BCUT2D eigenvalue weighted by atomic mass is 19.1. The quantitative estimate of drug-likeness (QED) is 0.816. The van der Waals surface area contributed by atoms with Crippen LogP contribution in [0, 0.1) is 12.7 Å². The van der Waals surface area contributed by atoms with Gasteiger partial charge in [-0.1, -0.05) is 0 Å². The zero-order valence-electron chi connectivity index (χ0n) is 10.5. The third-order valence-corrected chi connectivity index (χ3v) is 2.41. The van der Waals surface area contributed by atoms with E-state index in [1.165, 1.54) is 17.0 Å². The number of carbonyl (C=O) groups is 1. The fraction of sp³-hybridized carbons (Fsp3) is 0.417. The number of nitrogen functional groups attached to an aromatic ring is 1. The normalized spacial score (nSPS) is 12.1. The maximum atomic E-state index is 13.5. The Labute approximate surface area is 100 Å². The lowest BCUT2D eigenvalue weighted by Gasteiger charge is -2.19. The summed E-state index contributed by atoms with van der Waals surface area (Å²) in [4.78, 5) is 13.0. The van der Waals surface area contributed by atoms with Gasteiger partial charge in [0.1, 0.15) is 0 Å². The lowest BCUT2D eigenvalue weighted by atomic mass is 10.2. The zero-order chi connectivity index (χ0) is 13.2. The van der Waals surface area contributed by atoms with Crippen molar-refractivity contribution in [3.63, 3.8) is 0 Å². The minimum atomic E-state index is -0.734. The second kappa shape index (κ2) is 5.03. The van der Waals surface area contributed by atoms with Crippen LogP contribution in [0.5, 0.6) is 5.75 Å². The zero-order valence-corrected chi connectivity index (χ0v) is 10.5. The summed E-state index contributed by atoms with van der Waals surface area (Å²) in [5, 5.41) is 0. The van der Waals surface area contributed by atoms with E-state index in [0.717, 1.165) is 0 Å². The molecule has 0 fully saturated rings. The highest BCUT2D eigenvalue weighted by molar-refractivity contribution is 5.80. The Balaban J connectivity index is 2.89. The monoisotopic (exact) mass is 240 g/mol. The SMILES string of the molecule is Cc1cc(OC(C)C(=O)N(C)C)c(F)cc1N. The van der Waals surface area contributed by atoms with Crippen molar-refractivity contribution in [2.45, 2.75) is 20.0 Å². The van der Waals surface area contributed by atoms with Gasteiger partial charge in [0, 0.05) is 25.8 Å². The van der Waals surface area contributed by atoms with Crippen molar-refractivity contribution in [2.24, 2.45) is 0 Å². The first-order valence-electron chi connectivity index (χ1n) is 5.26. The number of carbonyl (C=O) groups excluding carboxylic acids is 1. The van der Waals surface area contributed by atoms with Gasteiger partial charge >= 0.3 is 0 Å². The van der Waals surface area contributed by atoms with Crippen LogP contribution in [0.3, 0.4) is 0 Å².